The first-order valence-electron chi connectivity index (χ1n) is 19.4. The zero-order valence-electron chi connectivity index (χ0n) is 31.1. The summed E-state index contributed by atoms with van der Waals surface area (Å²) in [4.78, 5) is 2.38. The Labute approximate surface area is 330 Å². The molecule has 0 saturated heterocycles. The molecule has 0 radical (unpaired) electrons. The van der Waals surface area contributed by atoms with Crippen LogP contribution in [0, 0.1) is 0 Å². The molecule has 11 rings (SSSR count). The van der Waals surface area contributed by atoms with E-state index in [-0.39, 0.29) is 0 Å². The topological polar surface area (TPSA) is 21.3 Å². The Morgan fingerprint density at radius 2 is 0.860 bits per heavy atom. The van der Waals surface area contributed by atoms with Gasteiger partial charge >= 0.3 is 0 Å². The fraction of sp³-hybridized carbons (Fsp3) is 0. The van der Waals surface area contributed by atoms with E-state index in [9.17, 15) is 0 Å². The van der Waals surface area contributed by atoms with Gasteiger partial charge in [-0.25, -0.2) is 0 Å². The van der Waals surface area contributed by atoms with Gasteiger partial charge in [0, 0.05) is 43.9 Å². The Balaban J connectivity index is 1.25. The second kappa shape index (κ2) is 13.6. The first kappa shape index (κ1) is 32.8. The number of furan rings is 1. The largest absolute Gasteiger partial charge is 0.454 e. The van der Waals surface area contributed by atoms with Crippen molar-refractivity contribution in [3.8, 4) is 39.1 Å². The summed E-state index contributed by atoms with van der Waals surface area (Å²) in [5.74, 6) is 0. The van der Waals surface area contributed by atoms with Gasteiger partial charge in [0.05, 0.1) is 28.1 Å². The highest BCUT2D eigenvalue weighted by molar-refractivity contribution is 6.14. The number of rotatable bonds is 7. The predicted octanol–water partition coefficient (Wildman–Crippen LogP) is 15.2. The minimum atomic E-state index is 0.850. The van der Waals surface area contributed by atoms with Crippen molar-refractivity contribution in [1.29, 1.82) is 0 Å². The number of hydrogen-bond donors (Lipinski definition) is 0. The highest BCUT2D eigenvalue weighted by Crippen LogP contribution is 2.48. The van der Waals surface area contributed by atoms with Gasteiger partial charge in [-0.2, -0.15) is 0 Å². The van der Waals surface area contributed by atoms with Crippen molar-refractivity contribution in [2.45, 2.75) is 0 Å². The van der Waals surface area contributed by atoms with Crippen molar-refractivity contribution >= 4 is 60.8 Å². The molecule has 2 heterocycles. The molecule has 0 saturated carbocycles. The summed E-state index contributed by atoms with van der Waals surface area (Å²) in [5.41, 5.74) is 15.2. The fourth-order valence-corrected chi connectivity index (χ4v) is 8.67. The molecule has 0 aliphatic heterocycles. The minimum Gasteiger partial charge on any atom is -0.454 e. The average molecular weight is 729 g/mol. The van der Waals surface area contributed by atoms with Gasteiger partial charge in [0.15, 0.2) is 5.58 Å². The van der Waals surface area contributed by atoms with Crippen LogP contribution in [0.2, 0.25) is 0 Å². The molecule has 0 N–H and O–H groups in total. The molecule has 0 fully saturated rings. The second-order valence-electron chi connectivity index (χ2n) is 14.5. The summed E-state index contributed by atoms with van der Waals surface area (Å²) in [6, 6.07) is 78.1. The Morgan fingerprint density at radius 3 is 1.58 bits per heavy atom. The lowest BCUT2D eigenvalue weighted by atomic mass is 9.95. The summed E-state index contributed by atoms with van der Waals surface area (Å²) in [5, 5.41) is 4.59. The summed E-state index contributed by atoms with van der Waals surface area (Å²) in [7, 11) is 0. The highest BCUT2D eigenvalue weighted by atomic mass is 16.3. The van der Waals surface area contributed by atoms with Gasteiger partial charge in [-0.15, -0.1) is 0 Å². The lowest BCUT2D eigenvalue weighted by molar-refractivity contribution is 0.669. The molecular formula is C54H36N2O. The van der Waals surface area contributed by atoms with E-state index < -0.39 is 0 Å². The molecule has 0 aliphatic carbocycles. The molecule has 3 heteroatoms. The molecule has 9 aromatic carbocycles. The zero-order chi connectivity index (χ0) is 37.7. The molecule has 3 nitrogen and oxygen atoms in total. The molecule has 57 heavy (non-hydrogen) atoms. The Hall–Kier alpha value is -7.62. The maximum atomic E-state index is 6.76. The fourth-order valence-electron chi connectivity index (χ4n) is 8.67. The van der Waals surface area contributed by atoms with Crippen LogP contribution >= 0.6 is 0 Å². The number of hydrogen-bond acceptors (Lipinski definition) is 2. The van der Waals surface area contributed by atoms with E-state index in [1.165, 1.54) is 33.0 Å². The molecule has 268 valence electrons. The van der Waals surface area contributed by atoms with Gasteiger partial charge in [-0.1, -0.05) is 182 Å². The van der Waals surface area contributed by atoms with Crippen molar-refractivity contribution in [3.05, 3.63) is 218 Å². The van der Waals surface area contributed by atoms with Gasteiger partial charge < -0.3 is 13.9 Å². The van der Waals surface area contributed by atoms with E-state index in [0.29, 0.717) is 0 Å². The summed E-state index contributed by atoms with van der Waals surface area (Å²) in [6.45, 7) is 0. The van der Waals surface area contributed by atoms with Gasteiger partial charge in [-0.05, 0) is 53.1 Å². The number of nitrogens with zero attached hydrogens (tertiary/aromatic N) is 2. The Kier molecular flexibility index (Phi) is 7.82. The number of aromatic nitrogens is 1. The van der Waals surface area contributed by atoms with Crippen LogP contribution in [0.3, 0.4) is 0 Å². The maximum Gasteiger partial charge on any atom is 0.159 e. The third kappa shape index (κ3) is 5.43. The third-order valence-corrected chi connectivity index (χ3v) is 11.2. The van der Waals surface area contributed by atoms with Crippen LogP contribution in [0.25, 0.3) is 82.8 Å². The number of para-hydroxylation sites is 5. The molecule has 0 bridgehead atoms. The molecule has 11 aromatic rings. The van der Waals surface area contributed by atoms with E-state index in [2.05, 4.69) is 222 Å². The summed E-state index contributed by atoms with van der Waals surface area (Å²) in [6.07, 6.45) is 0. The van der Waals surface area contributed by atoms with E-state index >= 15 is 0 Å². The SMILES string of the molecule is c1ccc(-c2ccccc2N(c2ccc3c4ccccc4n(-c4c(-c5ccccc5)cccc4-c4ccccc4)c3c2)c2cccc3c2oc2ccccc23)cc1. The third-order valence-electron chi connectivity index (χ3n) is 11.2. The van der Waals surface area contributed by atoms with Crippen molar-refractivity contribution in [2.24, 2.45) is 0 Å². The monoisotopic (exact) mass is 728 g/mol. The number of fused-ring (bicyclic) bond motifs is 6. The quantitative estimate of drug-likeness (QED) is 0.163. The maximum absolute atomic E-state index is 6.76. The van der Waals surface area contributed by atoms with Crippen LogP contribution in [0.5, 0.6) is 0 Å². The van der Waals surface area contributed by atoms with Gasteiger partial charge in [0.2, 0.25) is 0 Å². The molecule has 0 unspecified atom stereocenters. The normalized spacial score (nSPS) is 11.5. The second-order valence-corrected chi connectivity index (χ2v) is 14.5. The van der Waals surface area contributed by atoms with Gasteiger partial charge in [-0.3, -0.25) is 0 Å². The first-order valence-corrected chi connectivity index (χ1v) is 19.4. The molecule has 2 aromatic heterocycles. The smallest absolute Gasteiger partial charge is 0.159 e. The van der Waals surface area contributed by atoms with Crippen molar-refractivity contribution < 1.29 is 4.42 Å². The highest BCUT2D eigenvalue weighted by Gasteiger charge is 2.25. The van der Waals surface area contributed by atoms with E-state index in [4.69, 9.17) is 4.42 Å². The van der Waals surface area contributed by atoms with E-state index in [1.807, 2.05) is 6.07 Å². The molecule has 0 amide bonds. The molecular weight excluding hydrogens is 693 g/mol. The predicted molar refractivity (Wildman–Crippen MR) is 239 cm³/mol. The van der Waals surface area contributed by atoms with Crippen LogP contribution in [0.1, 0.15) is 0 Å². The molecule has 0 atom stereocenters. The first-order chi connectivity index (χ1) is 28.3. The molecule has 0 spiro atoms. The van der Waals surface area contributed by atoms with Crippen LogP contribution < -0.4 is 4.90 Å². The summed E-state index contributed by atoms with van der Waals surface area (Å²) >= 11 is 0. The number of benzene rings is 9. The lowest BCUT2D eigenvalue weighted by Crippen LogP contribution is -2.12. The van der Waals surface area contributed by atoms with Gasteiger partial charge in [0.1, 0.15) is 5.58 Å². The Morgan fingerprint density at radius 1 is 0.351 bits per heavy atom. The average Bonchev–Trinajstić information content (AvgIpc) is 3.83. The zero-order valence-corrected chi connectivity index (χ0v) is 31.1. The van der Waals surface area contributed by atoms with Crippen LogP contribution in [0.15, 0.2) is 223 Å². The molecule has 0 aliphatic rings. The summed E-state index contributed by atoms with van der Waals surface area (Å²) < 4.78 is 9.25. The standard InChI is InChI=1S/C54H36N2O/c1-4-18-37(19-5-1)41-24-10-13-30-48(41)55(50-32-17-29-47-46-26-12-15-33-52(46)57-54(47)50)40-34-35-45-44-25-11-14-31-49(44)56(51(45)36-40)53-42(38-20-6-2-7-21-38)27-16-28-43(53)39-22-8-3-9-23-39/h1-36H. The Bertz CT molecular complexity index is 3180. The van der Waals surface area contributed by atoms with Gasteiger partial charge in [0.25, 0.3) is 0 Å². The van der Waals surface area contributed by atoms with Crippen molar-refractivity contribution in [1.82, 2.24) is 4.57 Å². The van der Waals surface area contributed by atoms with Crippen LogP contribution in [0.4, 0.5) is 17.1 Å². The van der Waals surface area contributed by atoms with E-state index in [0.717, 1.165) is 66.8 Å². The van der Waals surface area contributed by atoms with Crippen molar-refractivity contribution in [3.63, 3.8) is 0 Å². The van der Waals surface area contributed by atoms with Crippen molar-refractivity contribution in [2.75, 3.05) is 4.90 Å². The van der Waals surface area contributed by atoms with Crippen LogP contribution in [-0.4, -0.2) is 4.57 Å². The lowest BCUT2D eigenvalue weighted by Gasteiger charge is -2.28. The van der Waals surface area contributed by atoms with E-state index in [1.54, 1.807) is 0 Å². The number of anilines is 3. The minimum absolute atomic E-state index is 0.850. The van der Waals surface area contributed by atoms with Crippen LogP contribution in [-0.2, 0) is 0 Å².